The van der Waals surface area contributed by atoms with Crippen LogP contribution in [0.15, 0.2) is 12.1 Å². The summed E-state index contributed by atoms with van der Waals surface area (Å²) in [6.45, 7) is 0.322. The van der Waals surface area contributed by atoms with Gasteiger partial charge in [-0.25, -0.2) is 4.98 Å². The molecule has 1 aromatic rings. The van der Waals surface area contributed by atoms with Crippen LogP contribution in [-0.2, 0) is 6.18 Å². The lowest BCUT2D eigenvalue weighted by Gasteiger charge is -2.21. The summed E-state index contributed by atoms with van der Waals surface area (Å²) < 4.78 is 43.2. The van der Waals surface area contributed by atoms with Crippen molar-refractivity contribution in [1.29, 1.82) is 5.26 Å². The van der Waals surface area contributed by atoms with Crippen molar-refractivity contribution in [3.63, 3.8) is 0 Å². The van der Waals surface area contributed by atoms with Crippen LogP contribution < -0.4 is 4.74 Å². The first kappa shape index (κ1) is 14.6. The Balaban J connectivity index is 2.10. The lowest BCUT2D eigenvalue weighted by molar-refractivity contribution is -0.141. The topological polar surface area (TPSA) is 45.9 Å². The Labute approximate surface area is 115 Å². The fourth-order valence-corrected chi connectivity index (χ4v) is 2.34. The van der Waals surface area contributed by atoms with E-state index in [1.54, 1.807) is 0 Å². The molecule has 0 bridgehead atoms. The molecule has 0 N–H and O–H groups in total. The van der Waals surface area contributed by atoms with E-state index in [4.69, 9.17) is 10.00 Å². The smallest absolute Gasteiger partial charge is 0.433 e. The monoisotopic (exact) mass is 284 g/mol. The lowest BCUT2D eigenvalue weighted by atomic mass is 9.90. The third-order valence-corrected chi connectivity index (χ3v) is 3.45. The van der Waals surface area contributed by atoms with Crippen LogP contribution in [0.1, 0.15) is 43.4 Å². The fraction of sp³-hybridized carbons (Fsp3) is 0.571. The molecule has 1 aliphatic carbocycles. The number of hydrogen-bond acceptors (Lipinski definition) is 3. The number of halogens is 3. The number of hydrogen-bond donors (Lipinski definition) is 0. The fourth-order valence-electron chi connectivity index (χ4n) is 2.34. The number of ether oxygens (including phenoxy) is 1. The van der Waals surface area contributed by atoms with Crippen molar-refractivity contribution in [3.05, 3.63) is 23.4 Å². The molecular formula is C14H15F3N2O. The van der Waals surface area contributed by atoms with Gasteiger partial charge in [0.1, 0.15) is 17.3 Å². The van der Waals surface area contributed by atoms with Gasteiger partial charge in [0.25, 0.3) is 0 Å². The Morgan fingerprint density at radius 2 is 1.95 bits per heavy atom. The van der Waals surface area contributed by atoms with E-state index in [0.29, 0.717) is 12.5 Å². The maximum absolute atomic E-state index is 12.6. The molecule has 0 amide bonds. The molecule has 0 aliphatic heterocycles. The standard InChI is InChI=1S/C14H15F3N2O/c15-14(16,17)12-7-6-11(8-18)13(19-12)20-9-10-4-2-1-3-5-10/h6-7,10H,1-5,9H2. The summed E-state index contributed by atoms with van der Waals surface area (Å²) in [6, 6.07) is 3.71. The second kappa shape index (κ2) is 6.12. The summed E-state index contributed by atoms with van der Waals surface area (Å²) >= 11 is 0. The van der Waals surface area contributed by atoms with Gasteiger partial charge in [-0.05, 0) is 30.9 Å². The predicted molar refractivity (Wildman–Crippen MR) is 66.0 cm³/mol. The summed E-state index contributed by atoms with van der Waals surface area (Å²) in [7, 11) is 0. The number of nitriles is 1. The Morgan fingerprint density at radius 3 is 2.55 bits per heavy atom. The van der Waals surface area contributed by atoms with Gasteiger partial charge in [-0.2, -0.15) is 18.4 Å². The molecule has 3 nitrogen and oxygen atoms in total. The van der Waals surface area contributed by atoms with Gasteiger partial charge < -0.3 is 4.74 Å². The molecule has 6 heteroatoms. The van der Waals surface area contributed by atoms with Gasteiger partial charge in [-0.15, -0.1) is 0 Å². The Kier molecular flexibility index (Phi) is 4.48. The molecule has 2 rings (SSSR count). The van der Waals surface area contributed by atoms with Gasteiger partial charge in [0.15, 0.2) is 0 Å². The molecule has 108 valence electrons. The van der Waals surface area contributed by atoms with Crippen LogP contribution >= 0.6 is 0 Å². The number of pyridine rings is 1. The first-order valence-electron chi connectivity index (χ1n) is 6.62. The van der Waals surface area contributed by atoms with E-state index < -0.39 is 11.9 Å². The van der Waals surface area contributed by atoms with Crippen LogP contribution in [0, 0.1) is 17.2 Å². The van der Waals surface area contributed by atoms with Crippen molar-refractivity contribution < 1.29 is 17.9 Å². The summed E-state index contributed by atoms with van der Waals surface area (Å²) in [5, 5.41) is 8.90. The van der Waals surface area contributed by atoms with E-state index in [-0.39, 0.29) is 11.4 Å². The molecule has 1 heterocycles. The third kappa shape index (κ3) is 3.62. The van der Waals surface area contributed by atoms with E-state index in [9.17, 15) is 13.2 Å². The van der Waals surface area contributed by atoms with Crippen molar-refractivity contribution in [3.8, 4) is 11.9 Å². The minimum atomic E-state index is -4.53. The van der Waals surface area contributed by atoms with E-state index in [0.717, 1.165) is 37.8 Å². The van der Waals surface area contributed by atoms with Gasteiger partial charge in [-0.3, -0.25) is 0 Å². The van der Waals surface area contributed by atoms with Crippen molar-refractivity contribution in [1.82, 2.24) is 4.98 Å². The zero-order valence-corrected chi connectivity index (χ0v) is 10.9. The third-order valence-electron chi connectivity index (χ3n) is 3.45. The van der Waals surface area contributed by atoms with Gasteiger partial charge in [-0.1, -0.05) is 19.3 Å². The highest BCUT2D eigenvalue weighted by molar-refractivity contribution is 5.39. The molecule has 20 heavy (non-hydrogen) atoms. The maximum Gasteiger partial charge on any atom is 0.433 e. The second-order valence-electron chi connectivity index (χ2n) is 4.97. The van der Waals surface area contributed by atoms with Gasteiger partial charge in [0.05, 0.1) is 6.61 Å². The van der Waals surface area contributed by atoms with Crippen LogP contribution in [0.4, 0.5) is 13.2 Å². The first-order valence-corrected chi connectivity index (χ1v) is 6.62. The van der Waals surface area contributed by atoms with E-state index in [1.807, 2.05) is 6.07 Å². The average molecular weight is 284 g/mol. The molecule has 0 unspecified atom stereocenters. The van der Waals surface area contributed by atoms with Crippen LogP contribution in [-0.4, -0.2) is 11.6 Å². The van der Waals surface area contributed by atoms with Crippen LogP contribution in [0.2, 0.25) is 0 Å². The highest BCUT2D eigenvalue weighted by Gasteiger charge is 2.33. The van der Waals surface area contributed by atoms with Gasteiger partial charge >= 0.3 is 6.18 Å². The van der Waals surface area contributed by atoms with Crippen molar-refractivity contribution in [2.45, 2.75) is 38.3 Å². The summed E-state index contributed by atoms with van der Waals surface area (Å²) in [4.78, 5) is 3.43. The molecule has 0 atom stereocenters. The SMILES string of the molecule is N#Cc1ccc(C(F)(F)F)nc1OCC1CCCCC1. The minimum Gasteiger partial charge on any atom is -0.476 e. The second-order valence-corrected chi connectivity index (χ2v) is 4.97. The van der Waals surface area contributed by atoms with Gasteiger partial charge in [0.2, 0.25) is 5.88 Å². The zero-order chi connectivity index (χ0) is 14.6. The van der Waals surface area contributed by atoms with E-state index >= 15 is 0 Å². The Bertz CT molecular complexity index is 502. The molecule has 1 aliphatic rings. The van der Waals surface area contributed by atoms with Crippen molar-refractivity contribution in [2.75, 3.05) is 6.61 Å². The number of rotatable bonds is 3. The molecule has 0 spiro atoms. The quantitative estimate of drug-likeness (QED) is 0.844. The van der Waals surface area contributed by atoms with Crippen LogP contribution in [0.3, 0.4) is 0 Å². The molecule has 1 aromatic heterocycles. The van der Waals surface area contributed by atoms with Crippen LogP contribution in [0.25, 0.3) is 0 Å². The molecule has 0 saturated heterocycles. The summed E-state index contributed by atoms with van der Waals surface area (Å²) in [5.74, 6) is 0.125. The average Bonchev–Trinajstić information content (AvgIpc) is 2.45. The lowest BCUT2D eigenvalue weighted by Crippen LogP contribution is -2.17. The molecule has 0 radical (unpaired) electrons. The highest BCUT2D eigenvalue weighted by Crippen LogP contribution is 2.31. The van der Waals surface area contributed by atoms with Crippen molar-refractivity contribution >= 4 is 0 Å². The maximum atomic E-state index is 12.6. The van der Waals surface area contributed by atoms with Crippen molar-refractivity contribution in [2.24, 2.45) is 5.92 Å². The highest BCUT2D eigenvalue weighted by atomic mass is 19.4. The van der Waals surface area contributed by atoms with E-state index in [1.165, 1.54) is 6.42 Å². The zero-order valence-electron chi connectivity index (χ0n) is 10.9. The first-order chi connectivity index (χ1) is 9.50. The normalized spacial score (nSPS) is 16.7. The molecule has 1 saturated carbocycles. The van der Waals surface area contributed by atoms with Crippen LogP contribution in [0.5, 0.6) is 5.88 Å². The number of aromatic nitrogens is 1. The van der Waals surface area contributed by atoms with E-state index in [2.05, 4.69) is 4.98 Å². The molecular weight excluding hydrogens is 269 g/mol. The summed E-state index contributed by atoms with van der Waals surface area (Å²) in [5.41, 5.74) is -0.996. The Morgan fingerprint density at radius 1 is 1.25 bits per heavy atom. The summed E-state index contributed by atoms with van der Waals surface area (Å²) in [6.07, 6.45) is 0.935. The molecule has 1 fully saturated rings. The number of alkyl halides is 3. The largest absolute Gasteiger partial charge is 0.476 e. The molecule has 0 aromatic carbocycles. The minimum absolute atomic E-state index is 0.0359. The van der Waals surface area contributed by atoms with Gasteiger partial charge in [0, 0.05) is 0 Å². The number of nitrogens with zero attached hydrogens (tertiary/aromatic N) is 2. The Hall–Kier alpha value is -1.77. The predicted octanol–water partition coefficient (Wildman–Crippen LogP) is 3.93.